The molecule has 1 fully saturated rings. The summed E-state index contributed by atoms with van der Waals surface area (Å²) in [7, 11) is 1.71. The zero-order valence-corrected chi connectivity index (χ0v) is 11.5. The van der Waals surface area contributed by atoms with Crippen LogP contribution in [0.4, 0.5) is 4.79 Å². The number of rotatable bonds is 7. The lowest BCUT2D eigenvalue weighted by Gasteiger charge is -2.29. The van der Waals surface area contributed by atoms with Crippen LogP contribution in [-0.2, 0) is 4.79 Å². The molecule has 0 aromatic rings. The summed E-state index contributed by atoms with van der Waals surface area (Å²) in [6.45, 7) is 1.39. The number of hydrogen-bond acceptors (Lipinski definition) is 3. The van der Waals surface area contributed by atoms with Crippen LogP contribution < -0.4 is 0 Å². The van der Waals surface area contributed by atoms with Crippen molar-refractivity contribution in [2.24, 2.45) is 0 Å². The van der Waals surface area contributed by atoms with Gasteiger partial charge in [0.05, 0.1) is 0 Å². The molecule has 0 saturated carbocycles. The van der Waals surface area contributed by atoms with Gasteiger partial charge in [0.1, 0.15) is 0 Å². The molecule has 2 N–H and O–H groups in total. The van der Waals surface area contributed by atoms with Crippen LogP contribution in [0.1, 0.15) is 38.5 Å². The molecule has 2 amide bonds. The van der Waals surface area contributed by atoms with Crippen LogP contribution in [0.25, 0.3) is 0 Å². The Balaban J connectivity index is 2.39. The zero-order chi connectivity index (χ0) is 14.3. The van der Waals surface area contributed by atoms with Gasteiger partial charge < -0.3 is 20.0 Å². The molecular formula is C13H24N2O4. The zero-order valence-electron chi connectivity index (χ0n) is 11.5. The maximum atomic E-state index is 12.2. The highest BCUT2D eigenvalue weighted by Gasteiger charge is 2.29. The molecule has 0 radical (unpaired) electrons. The van der Waals surface area contributed by atoms with Gasteiger partial charge in [-0.3, -0.25) is 4.79 Å². The van der Waals surface area contributed by atoms with Crippen molar-refractivity contribution in [1.29, 1.82) is 0 Å². The summed E-state index contributed by atoms with van der Waals surface area (Å²) in [5.74, 6) is -0.831. The van der Waals surface area contributed by atoms with E-state index in [-0.39, 0.29) is 25.1 Å². The Hall–Kier alpha value is -1.30. The molecule has 0 spiro atoms. The number of aliphatic hydroxyl groups excluding tert-OH is 1. The average molecular weight is 272 g/mol. The number of carboxylic acid groups (broad SMARTS) is 1. The molecule has 0 aliphatic carbocycles. The molecule has 19 heavy (non-hydrogen) atoms. The number of urea groups is 1. The highest BCUT2D eigenvalue weighted by atomic mass is 16.4. The summed E-state index contributed by atoms with van der Waals surface area (Å²) in [6, 6.07) is 0.201. The van der Waals surface area contributed by atoms with E-state index < -0.39 is 5.97 Å². The average Bonchev–Trinajstić information content (AvgIpc) is 2.82. The third-order valence-corrected chi connectivity index (χ3v) is 3.53. The molecule has 1 atom stereocenters. The minimum absolute atomic E-state index is 0.0224. The molecular weight excluding hydrogens is 248 g/mol. The van der Waals surface area contributed by atoms with Gasteiger partial charge in [0.2, 0.25) is 0 Å². The second kappa shape index (κ2) is 7.99. The second-order valence-corrected chi connectivity index (χ2v) is 5.06. The van der Waals surface area contributed by atoms with E-state index in [1.165, 1.54) is 0 Å². The van der Waals surface area contributed by atoms with E-state index in [1.807, 2.05) is 4.90 Å². The van der Waals surface area contributed by atoms with Gasteiger partial charge >= 0.3 is 12.0 Å². The standard InChI is InChI=1S/C13H24N2O4/c1-14(8-3-7-12(17)18)13(19)15-9-2-5-11(15)6-4-10-16/h11,16H,2-10H2,1H3,(H,17,18). The van der Waals surface area contributed by atoms with Crippen molar-refractivity contribution in [3.05, 3.63) is 0 Å². The van der Waals surface area contributed by atoms with Gasteiger partial charge in [0.25, 0.3) is 0 Å². The van der Waals surface area contributed by atoms with E-state index in [2.05, 4.69) is 0 Å². The van der Waals surface area contributed by atoms with Crippen LogP contribution in [0, 0.1) is 0 Å². The molecule has 0 bridgehead atoms. The van der Waals surface area contributed by atoms with Crippen molar-refractivity contribution in [2.45, 2.75) is 44.6 Å². The van der Waals surface area contributed by atoms with Gasteiger partial charge in [-0.25, -0.2) is 4.79 Å². The summed E-state index contributed by atoms with van der Waals surface area (Å²) in [5.41, 5.74) is 0. The number of nitrogens with zero attached hydrogens (tertiary/aromatic N) is 2. The lowest BCUT2D eigenvalue weighted by Crippen LogP contribution is -2.44. The van der Waals surface area contributed by atoms with Crippen LogP contribution in [0.2, 0.25) is 0 Å². The minimum Gasteiger partial charge on any atom is -0.481 e. The number of amides is 2. The molecule has 1 saturated heterocycles. The number of carbonyl (C=O) groups is 2. The van der Waals surface area contributed by atoms with Gasteiger partial charge in [0, 0.05) is 39.2 Å². The van der Waals surface area contributed by atoms with Crippen LogP contribution in [0.3, 0.4) is 0 Å². The Bertz CT molecular complexity index is 309. The van der Waals surface area contributed by atoms with E-state index in [0.717, 1.165) is 32.2 Å². The van der Waals surface area contributed by atoms with Crippen molar-refractivity contribution >= 4 is 12.0 Å². The molecule has 1 aliphatic rings. The van der Waals surface area contributed by atoms with Gasteiger partial charge in [0.15, 0.2) is 0 Å². The molecule has 6 heteroatoms. The van der Waals surface area contributed by atoms with E-state index >= 15 is 0 Å². The summed E-state index contributed by atoms with van der Waals surface area (Å²) in [6.07, 6.45) is 4.13. The third-order valence-electron chi connectivity index (χ3n) is 3.53. The predicted molar refractivity (Wildman–Crippen MR) is 70.9 cm³/mol. The van der Waals surface area contributed by atoms with Crippen molar-refractivity contribution in [1.82, 2.24) is 9.80 Å². The van der Waals surface area contributed by atoms with Gasteiger partial charge in [-0.2, -0.15) is 0 Å². The van der Waals surface area contributed by atoms with Crippen molar-refractivity contribution in [2.75, 3.05) is 26.7 Å². The summed E-state index contributed by atoms with van der Waals surface area (Å²) < 4.78 is 0. The first-order valence-corrected chi connectivity index (χ1v) is 6.90. The molecule has 1 heterocycles. The Morgan fingerprint density at radius 1 is 1.37 bits per heavy atom. The molecule has 0 aromatic heterocycles. The third kappa shape index (κ3) is 5.06. The first-order valence-electron chi connectivity index (χ1n) is 6.90. The van der Waals surface area contributed by atoms with Crippen molar-refractivity contribution in [3.8, 4) is 0 Å². The van der Waals surface area contributed by atoms with Crippen molar-refractivity contribution in [3.63, 3.8) is 0 Å². The Kier molecular flexibility index (Phi) is 6.62. The number of aliphatic hydroxyl groups is 1. The first-order chi connectivity index (χ1) is 9.06. The molecule has 1 unspecified atom stereocenters. The van der Waals surface area contributed by atoms with E-state index in [1.54, 1.807) is 11.9 Å². The van der Waals surface area contributed by atoms with Gasteiger partial charge in [-0.15, -0.1) is 0 Å². The Labute approximate surface area is 114 Å². The maximum absolute atomic E-state index is 12.2. The van der Waals surface area contributed by atoms with Crippen LogP contribution >= 0.6 is 0 Å². The molecule has 110 valence electrons. The molecule has 6 nitrogen and oxygen atoms in total. The minimum atomic E-state index is -0.831. The van der Waals surface area contributed by atoms with Crippen LogP contribution in [0.5, 0.6) is 0 Å². The van der Waals surface area contributed by atoms with Gasteiger partial charge in [-0.05, 0) is 32.1 Å². The van der Waals surface area contributed by atoms with Crippen LogP contribution in [-0.4, -0.2) is 64.8 Å². The van der Waals surface area contributed by atoms with Crippen LogP contribution in [0.15, 0.2) is 0 Å². The van der Waals surface area contributed by atoms with E-state index in [0.29, 0.717) is 13.0 Å². The highest BCUT2D eigenvalue weighted by Crippen LogP contribution is 2.22. The molecule has 1 aliphatic heterocycles. The fourth-order valence-corrected chi connectivity index (χ4v) is 2.50. The summed E-state index contributed by atoms with van der Waals surface area (Å²) in [4.78, 5) is 26.1. The number of aliphatic carboxylic acids is 1. The van der Waals surface area contributed by atoms with Gasteiger partial charge in [-0.1, -0.05) is 0 Å². The highest BCUT2D eigenvalue weighted by molar-refractivity contribution is 5.75. The number of carboxylic acids is 1. The largest absolute Gasteiger partial charge is 0.481 e. The molecule has 1 rings (SSSR count). The second-order valence-electron chi connectivity index (χ2n) is 5.06. The lowest BCUT2D eigenvalue weighted by atomic mass is 10.1. The fraction of sp³-hybridized carbons (Fsp3) is 0.846. The maximum Gasteiger partial charge on any atom is 0.319 e. The van der Waals surface area contributed by atoms with E-state index in [9.17, 15) is 9.59 Å². The fourth-order valence-electron chi connectivity index (χ4n) is 2.50. The predicted octanol–water partition coefficient (Wildman–Crippen LogP) is 1.14. The lowest BCUT2D eigenvalue weighted by molar-refractivity contribution is -0.137. The first kappa shape index (κ1) is 15.8. The SMILES string of the molecule is CN(CCCC(=O)O)C(=O)N1CCCC1CCCO. The Morgan fingerprint density at radius 3 is 2.74 bits per heavy atom. The molecule has 0 aromatic carbocycles. The summed E-state index contributed by atoms with van der Waals surface area (Å²) >= 11 is 0. The monoisotopic (exact) mass is 272 g/mol. The number of hydrogen-bond donors (Lipinski definition) is 2. The topological polar surface area (TPSA) is 81.1 Å². The normalized spacial score (nSPS) is 18.6. The number of carbonyl (C=O) groups excluding carboxylic acids is 1. The number of likely N-dealkylation sites (tertiary alicyclic amines) is 1. The van der Waals surface area contributed by atoms with Crippen molar-refractivity contribution < 1.29 is 19.8 Å². The van der Waals surface area contributed by atoms with E-state index in [4.69, 9.17) is 10.2 Å². The summed E-state index contributed by atoms with van der Waals surface area (Å²) in [5, 5.41) is 17.4. The quantitative estimate of drug-likeness (QED) is 0.728. The Morgan fingerprint density at radius 2 is 2.11 bits per heavy atom. The smallest absolute Gasteiger partial charge is 0.319 e.